The summed E-state index contributed by atoms with van der Waals surface area (Å²) in [6, 6.07) is 11.1. The highest BCUT2D eigenvalue weighted by Gasteiger charge is 2.32. The molecule has 0 saturated carbocycles. The van der Waals surface area contributed by atoms with E-state index >= 15 is 0 Å². The van der Waals surface area contributed by atoms with Crippen molar-refractivity contribution in [3.05, 3.63) is 64.7 Å². The molecule has 0 unspecified atom stereocenters. The monoisotopic (exact) mass is 425 g/mol. The van der Waals surface area contributed by atoms with Gasteiger partial charge in [-0.15, -0.1) is 11.3 Å². The van der Waals surface area contributed by atoms with Gasteiger partial charge in [0.2, 0.25) is 15.9 Å². The lowest BCUT2D eigenvalue weighted by Gasteiger charge is -2.25. The quantitative estimate of drug-likeness (QED) is 0.681. The molecule has 0 bridgehead atoms. The number of rotatable bonds is 5. The van der Waals surface area contributed by atoms with Crippen LogP contribution in [0.2, 0.25) is 0 Å². The summed E-state index contributed by atoms with van der Waals surface area (Å²) >= 11 is 1.57. The van der Waals surface area contributed by atoms with Gasteiger partial charge in [0.25, 0.3) is 0 Å². The summed E-state index contributed by atoms with van der Waals surface area (Å²) in [6.45, 7) is 0.804. The van der Waals surface area contributed by atoms with Crippen molar-refractivity contribution in [3.8, 4) is 10.6 Å². The van der Waals surface area contributed by atoms with E-state index in [2.05, 4.69) is 9.71 Å². The maximum atomic E-state index is 13.0. The van der Waals surface area contributed by atoms with Gasteiger partial charge in [-0.05, 0) is 59.2 Å². The van der Waals surface area contributed by atoms with E-state index in [0.717, 1.165) is 32.9 Å². The minimum Gasteiger partial charge on any atom is -0.312 e. The standard InChI is InChI=1S/C21H19N3O3S2/c25-19-6-5-14-11-17(12-15-7-9-24(19)21(14)15)29(26,27)23-13-16-3-1-8-22-20(16)18-4-2-10-28-18/h1-4,8,10-12,23H,5-7,9,13H2. The summed E-state index contributed by atoms with van der Waals surface area (Å²) in [5.41, 5.74) is 4.44. The van der Waals surface area contributed by atoms with Crippen LogP contribution in [0.5, 0.6) is 0 Å². The first kappa shape index (κ1) is 18.5. The normalized spacial score (nSPS) is 15.6. The van der Waals surface area contributed by atoms with Crippen LogP contribution in [0.1, 0.15) is 23.1 Å². The minimum atomic E-state index is -3.68. The number of sulfonamides is 1. The molecule has 0 fully saturated rings. The number of benzene rings is 1. The molecule has 2 aromatic heterocycles. The topological polar surface area (TPSA) is 79.4 Å². The lowest BCUT2D eigenvalue weighted by molar-refractivity contribution is -0.118. The molecule has 5 rings (SSSR count). The molecule has 8 heteroatoms. The summed E-state index contributed by atoms with van der Waals surface area (Å²) in [6.07, 6.45) is 3.43. The van der Waals surface area contributed by atoms with E-state index in [1.165, 1.54) is 0 Å². The van der Waals surface area contributed by atoms with Crippen molar-refractivity contribution < 1.29 is 13.2 Å². The van der Waals surface area contributed by atoms with Gasteiger partial charge >= 0.3 is 0 Å². The molecule has 0 spiro atoms. The Balaban J connectivity index is 1.43. The average Bonchev–Trinajstić information content (AvgIpc) is 3.40. The molecule has 6 nitrogen and oxygen atoms in total. The van der Waals surface area contributed by atoms with Crippen molar-refractivity contribution in [2.45, 2.75) is 30.7 Å². The van der Waals surface area contributed by atoms with E-state index in [1.54, 1.807) is 34.6 Å². The number of aryl methyl sites for hydroxylation is 1. The van der Waals surface area contributed by atoms with Crippen molar-refractivity contribution in [2.75, 3.05) is 11.4 Å². The highest BCUT2D eigenvalue weighted by molar-refractivity contribution is 7.89. The molecule has 1 aromatic carbocycles. The summed E-state index contributed by atoms with van der Waals surface area (Å²) in [7, 11) is -3.68. The van der Waals surface area contributed by atoms with Gasteiger partial charge in [0.1, 0.15) is 0 Å². The lowest BCUT2D eigenvalue weighted by Crippen LogP contribution is -2.33. The number of amides is 1. The summed E-state index contributed by atoms with van der Waals surface area (Å²) in [4.78, 5) is 19.6. The second-order valence-electron chi connectivity index (χ2n) is 7.20. The zero-order chi connectivity index (χ0) is 20.0. The number of aromatic nitrogens is 1. The number of pyridine rings is 1. The third-order valence-electron chi connectivity index (χ3n) is 5.43. The SMILES string of the molecule is O=C1CCc2cc(S(=O)(=O)NCc3cccnc3-c3cccs3)cc3c2N1CC3. The molecule has 1 N–H and O–H groups in total. The fourth-order valence-corrected chi connectivity index (χ4v) is 5.92. The van der Waals surface area contributed by atoms with Crippen molar-refractivity contribution >= 4 is 33.0 Å². The van der Waals surface area contributed by atoms with Crippen molar-refractivity contribution in [1.29, 1.82) is 0 Å². The Kier molecular flexibility index (Phi) is 4.49. The maximum Gasteiger partial charge on any atom is 0.240 e. The Bertz CT molecular complexity index is 1200. The molecular formula is C21H19N3O3S2. The molecule has 3 aromatic rings. The molecule has 4 heterocycles. The number of carbonyl (C=O) groups excluding carboxylic acids is 1. The minimum absolute atomic E-state index is 0.127. The Labute approximate surface area is 173 Å². The first-order valence-electron chi connectivity index (χ1n) is 9.46. The van der Waals surface area contributed by atoms with E-state index in [-0.39, 0.29) is 17.3 Å². The predicted octanol–water partition coefficient (Wildman–Crippen LogP) is 3.12. The third kappa shape index (κ3) is 3.27. The number of hydrogen-bond donors (Lipinski definition) is 1. The van der Waals surface area contributed by atoms with E-state index in [9.17, 15) is 13.2 Å². The van der Waals surface area contributed by atoms with Crippen molar-refractivity contribution in [1.82, 2.24) is 9.71 Å². The first-order valence-corrected chi connectivity index (χ1v) is 11.8. The van der Waals surface area contributed by atoms with Gasteiger partial charge in [-0.1, -0.05) is 12.1 Å². The van der Waals surface area contributed by atoms with Gasteiger partial charge in [0, 0.05) is 25.7 Å². The first-order chi connectivity index (χ1) is 14.0. The number of hydrogen-bond acceptors (Lipinski definition) is 5. The maximum absolute atomic E-state index is 13.0. The van der Waals surface area contributed by atoms with Crippen molar-refractivity contribution in [2.24, 2.45) is 0 Å². The number of thiophene rings is 1. The largest absolute Gasteiger partial charge is 0.312 e. The molecule has 0 aliphatic carbocycles. The van der Waals surface area contributed by atoms with Crippen LogP contribution in [-0.2, 0) is 34.2 Å². The number of carbonyl (C=O) groups is 1. The van der Waals surface area contributed by atoms with E-state index in [0.29, 0.717) is 25.8 Å². The van der Waals surface area contributed by atoms with E-state index in [4.69, 9.17) is 0 Å². The fourth-order valence-electron chi connectivity index (χ4n) is 4.05. The van der Waals surface area contributed by atoms with Crippen LogP contribution in [-0.4, -0.2) is 25.9 Å². The molecule has 2 aliphatic heterocycles. The summed E-state index contributed by atoms with van der Waals surface area (Å²) in [5.74, 6) is 0.127. The summed E-state index contributed by atoms with van der Waals surface area (Å²) in [5, 5.41) is 1.97. The van der Waals surface area contributed by atoms with Gasteiger partial charge in [-0.2, -0.15) is 0 Å². The smallest absolute Gasteiger partial charge is 0.240 e. The Morgan fingerprint density at radius 1 is 1.10 bits per heavy atom. The van der Waals surface area contributed by atoms with Crippen LogP contribution in [0.4, 0.5) is 5.69 Å². The molecule has 1 amide bonds. The van der Waals surface area contributed by atoms with Crippen LogP contribution in [0.15, 0.2) is 52.9 Å². The highest BCUT2D eigenvalue weighted by atomic mass is 32.2. The van der Waals surface area contributed by atoms with Gasteiger partial charge < -0.3 is 4.90 Å². The van der Waals surface area contributed by atoms with E-state index < -0.39 is 10.0 Å². The van der Waals surface area contributed by atoms with Crippen LogP contribution < -0.4 is 9.62 Å². The van der Waals surface area contributed by atoms with Crippen LogP contribution >= 0.6 is 11.3 Å². The number of nitrogens with zero attached hydrogens (tertiary/aromatic N) is 2. The van der Waals surface area contributed by atoms with Gasteiger partial charge in [-0.25, -0.2) is 13.1 Å². The molecule has 0 radical (unpaired) electrons. The molecule has 2 aliphatic rings. The second-order valence-corrected chi connectivity index (χ2v) is 9.91. The third-order valence-corrected chi connectivity index (χ3v) is 7.69. The predicted molar refractivity (Wildman–Crippen MR) is 112 cm³/mol. The summed E-state index contributed by atoms with van der Waals surface area (Å²) < 4.78 is 28.8. The zero-order valence-electron chi connectivity index (χ0n) is 15.6. The van der Waals surface area contributed by atoms with Crippen LogP contribution in [0.3, 0.4) is 0 Å². The van der Waals surface area contributed by atoms with E-state index in [1.807, 2.05) is 29.6 Å². The Morgan fingerprint density at radius 2 is 1.93 bits per heavy atom. The Hall–Kier alpha value is -2.55. The van der Waals surface area contributed by atoms with Gasteiger partial charge in [-0.3, -0.25) is 9.78 Å². The van der Waals surface area contributed by atoms with Crippen molar-refractivity contribution in [3.63, 3.8) is 0 Å². The molecule has 148 valence electrons. The molecule has 29 heavy (non-hydrogen) atoms. The number of nitrogens with one attached hydrogen (secondary N) is 1. The highest BCUT2D eigenvalue weighted by Crippen LogP contribution is 2.38. The van der Waals surface area contributed by atoms with Gasteiger partial charge in [0.05, 0.1) is 21.2 Å². The molecular weight excluding hydrogens is 406 g/mol. The fraction of sp³-hybridized carbons (Fsp3) is 0.238. The van der Waals surface area contributed by atoms with Gasteiger partial charge in [0.15, 0.2) is 0 Å². The van der Waals surface area contributed by atoms with Crippen LogP contribution in [0.25, 0.3) is 10.6 Å². The lowest BCUT2D eigenvalue weighted by atomic mass is 10.00. The average molecular weight is 426 g/mol. The van der Waals surface area contributed by atoms with Crippen LogP contribution in [0, 0.1) is 0 Å². The zero-order valence-corrected chi connectivity index (χ0v) is 17.2. The Morgan fingerprint density at radius 3 is 2.72 bits per heavy atom. The molecule has 0 atom stereocenters. The second kappa shape index (κ2) is 7.05. The molecule has 0 saturated heterocycles. The number of anilines is 1.